The van der Waals surface area contributed by atoms with Crippen LogP contribution in [0.5, 0.6) is 0 Å². The second-order valence-electron chi connectivity index (χ2n) is 1.05. The van der Waals surface area contributed by atoms with Gasteiger partial charge in [-0.05, 0) is 6.08 Å². The summed E-state index contributed by atoms with van der Waals surface area (Å²) < 4.78 is 0. The van der Waals surface area contributed by atoms with E-state index in [9.17, 15) is 0 Å². The number of hydrogen-bond donors (Lipinski definition) is 1. The molecule has 0 saturated heterocycles. The van der Waals surface area contributed by atoms with Crippen LogP contribution in [-0.4, -0.2) is 19.6 Å². The third-order valence-corrected chi connectivity index (χ3v) is 0.493. The van der Waals surface area contributed by atoms with E-state index in [0.29, 0.717) is 0 Å². The molecule has 0 bridgehead atoms. The summed E-state index contributed by atoms with van der Waals surface area (Å²) in [6, 6.07) is 0. The molecule has 0 aromatic heterocycles. The molecule has 0 spiro atoms. The topological polar surface area (TPSA) is 50.7 Å². The summed E-state index contributed by atoms with van der Waals surface area (Å²) in [7, 11) is 1.69. The highest BCUT2D eigenvalue weighted by molar-refractivity contribution is 5.71. The molecule has 0 aliphatic heterocycles. The lowest BCUT2D eigenvalue weighted by atomic mass is 10.7. The molecule has 0 amide bonds. The molecule has 0 fully saturated rings. The molecule has 0 aliphatic carbocycles. The average Bonchev–Trinajstić information content (AvgIpc) is 1.81. The molecule has 8 heavy (non-hydrogen) atoms. The van der Waals surface area contributed by atoms with E-state index in [1.165, 1.54) is 6.34 Å². The van der Waals surface area contributed by atoms with Crippen molar-refractivity contribution in [1.29, 1.82) is 0 Å². The number of hydrogen-bond acceptors (Lipinski definition) is 2. The van der Waals surface area contributed by atoms with Crippen molar-refractivity contribution >= 4 is 12.6 Å². The molecule has 3 heteroatoms. The molecule has 0 unspecified atom stereocenters. The fraction of sp³-hybridized carbons (Fsp3) is 0.200. The van der Waals surface area contributed by atoms with Gasteiger partial charge in [-0.3, -0.25) is 4.99 Å². The molecule has 0 radical (unpaired) electrons. The van der Waals surface area contributed by atoms with Crippen molar-refractivity contribution < 1.29 is 0 Å². The molecule has 0 atom stereocenters. The maximum atomic E-state index is 4.92. The number of aliphatic imine (C=N–C) groups is 2. The van der Waals surface area contributed by atoms with E-state index in [4.69, 9.17) is 5.73 Å². The van der Waals surface area contributed by atoms with Gasteiger partial charge in [0.25, 0.3) is 0 Å². The predicted octanol–water partition coefficient (Wildman–Crippen LogP) is 0.188. The van der Waals surface area contributed by atoms with Gasteiger partial charge in [-0.15, -0.1) is 0 Å². The smallest absolute Gasteiger partial charge is 0.0852 e. The van der Waals surface area contributed by atoms with Crippen molar-refractivity contribution in [3.05, 3.63) is 12.3 Å². The summed E-state index contributed by atoms with van der Waals surface area (Å²) in [6.45, 7) is 0. The highest BCUT2D eigenvalue weighted by Gasteiger charge is 1.56. The number of nitrogens with zero attached hydrogens (tertiary/aromatic N) is 2. The van der Waals surface area contributed by atoms with Gasteiger partial charge in [0.2, 0.25) is 0 Å². The summed E-state index contributed by atoms with van der Waals surface area (Å²) in [5, 5.41) is 0. The van der Waals surface area contributed by atoms with Crippen molar-refractivity contribution in [2.75, 3.05) is 7.05 Å². The number of nitrogens with two attached hydrogens (primary N) is 1. The highest BCUT2D eigenvalue weighted by Crippen LogP contribution is 1.66. The Balaban J connectivity index is 3.35. The molecule has 3 nitrogen and oxygen atoms in total. The van der Waals surface area contributed by atoms with Gasteiger partial charge in [-0.2, -0.15) is 0 Å². The average molecular weight is 111 g/mol. The van der Waals surface area contributed by atoms with Gasteiger partial charge >= 0.3 is 0 Å². The van der Waals surface area contributed by atoms with Gasteiger partial charge in [0, 0.05) is 19.5 Å². The molecule has 0 aromatic carbocycles. The largest absolute Gasteiger partial charge is 0.390 e. The van der Waals surface area contributed by atoms with Crippen LogP contribution in [0.1, 0.15) is 0 Å². The first kappa shape index (κ1) is 6.88. The summed E-state index contributed by atoms with van der Waals surface area (Å²) in [5.41, 5.74) is 4.92. The van der Waals surface area contributed by atoms with Crippen LogP contribution in [0.25, 0.3) is 0 Å². The minimum absolute atomic E-state index is 1.22. The van der Waals surface area contributed by atoms with Crippen molar-refractivity contribution in [2.45, 2.75) is 0 Å². The van der Waals surface area contributed by atoms with Gasteiger partial charge in [-0.25, -0.2) is 4.99 Å². The van der Waals surface area contributed by atoms with Crippen LogP contribution in [0.2, 0.25) is 0 Å². The fourth-order valence-corrected chi connectivity index (χ4v) is 0.224. The third kappa shape index (κ3) is 4.88. The maximum absolute atomic E-state index is 4.92. The number of allylic oxidation sites excluding steroid dienone is 1. The lowest BCUT2D eigenvalue weighted by Crippen LogP contribution is -1.85. The molecule has 0 saturated carbocycles. The first-order valence-electron chi connectivity index (χ1n) is 2.22. The van der Waals surface area contributed by atoms with Crippen LogP contribution in [0.3, 0.4) is 0 Å². The van der Waals surface area contributed by atoms with E-state index < -0.39 is 0 Å². The van der Waals surface area contributed by atoms with Crippen LogP contribution < -0.4 is 5.73 Å². The molecule has 0 heterocycles. The summed E-state index contributed by atoms with van der Waals surface area (Å²) in [5.74, 6) is 0. The lowest BCUT2D eigenvalue weighted by molar-refractivity contribution is 1.47. The van der Waals surface area contributed by atoms with Crippen molar-refractivity contribution in [3.63, 3.8) is 0 Å². The minimum atomic E-state index is 1.22. The molecule has 0 rings (SSSR count). The Morgan fingerprint density at radius 1 is 1.50 bits per heavy atom. The Morgan fingerprint density at radius 3 is 2.75 bits per heavy atom. The van der Waals surface area contributed by atoms with Gasteiger partial charge < -0.3 is 5.73 Å². The molecule has 0 aliphatic rings. The van der Waals surface area contributed by atoms with Crippen LogP contribution in [0, 0.1) is 0 Å². The van der Waals surface area contributed by atoms with Crippen LogP contribution in [0.15, 0.2) is 22.3 Å². The van der Waals surface area contributed by atoms with E-state index in [1.54, 1.807) is 25.5 Å². The van der Waals surface area contributed by atoms with E-state index in [-0.39, 0.29) is 0 Å². The zero-order valence-electron chi connectivity index (χ0n) is 4.78. The summed E-state index contributed by atoms with van der Waals surface area (Å²) >= 11 is 0. The molecule has 44 valence electrons. The van der Waals surface area contributed by atoms with Crippen LogP contribution in [0.4, 0.5) is 0 Å². The maximum Gasteiger partial charge on any atom is 0.0852 e. The Morgan fingerprint density at radius 2 is 2.25 bits per heavy atom. The number of rotatable bonds is 2. The first-order valence-corrected chi connectivity index (χ1v) is 2.22. The van der Waals surface area contributed by atoms with Crippen molar-refractivity contribution in [2.24, 2.45) is 15.7 Å². The predicted molar refractivity (Wildman–Crippen MR) is 36.2 cm³/mol. The zero-order chi connectivity index (χ0) is 6.24. The van der Waals surface area contributed by atoms with Gasteiger partial charge in [0.15, 0.2) is 0 Å². The van der Waals surface area contributed by atoms with Crippen LogP contribution in [-0.2, 0) is 0 Å². The monoisotopic (exact) mass is 111 g/mol. The van der Waals surface area contributed by atoms with E-state index >= 15 is 0 Å². The zero-order valence-corrected chi connectivity index (χ0v) is 4.78. The second kappa shape index (κ2) is 5.88. The first-order chi connectivity index (χ1) is 3.91. The van der Waals surface area contributed by atoms with E-state index in [0.717, 1.165) is 0 Å². The van der Waals surface area contributed by atoms with E-state index in [2.05, 4.69) is 9.98 Å². The van der Waals surface area contributed by atoms with Gasteiger partial charge in [-0.1, -0.05) is 0 Å². The van der Waals surface area contributed by atoms with Crippen LogP contribution >= 0.6 is 0 Å². The quantitative estimate of drug-likeness (QED) is 0.401. The van der Waals surface area contributed by atoms with Crippen molar-refractivity contribution in [1.82, 2.24) is 0 Å². The van der Waals surface area contributed by atoms with E-state index in [1.807, 2.05) is 0 Å². The fourth-order valence-electron chi connectivity index (χ4n) is 0.224. The lowest BCUT2D eigenvalue weighted by Gasteiger charge is -1.69. The van der Waals surface area contributed by atoms with Gasteiger partial charge in [0.1, 0.15) is 0 Å². The van der Waals surface area contributed by atoms with Gasteiger partial charge in [0.05, 0.1) is 6.34 Å². The molecule has 2 N–H and O–H groups in total. The normalized spacial score (nSPS) is 12.6. The molecular weight excluding hydrogens is 102 g/mol. The Kier molecular flexibility index (Phi) is 5.06. The summed E-state index contributed by atoms with van der Waals surface area (Å²) in [6.07, 6.45) is 6.11. The molecule has 0 aromatic rings. The third-order valence-electron chi connectivity index (χ3n) is 0.493. The second-order valence-corrected chi connectivity index (χ2v) is 1.05. The highest BCUT2D eigenvalue weighted by atomic mass is 14.8. The minimum Gasteiger partial charge on any atom is -0.390 e. The standard InChI is InChI=1S/C5H9N3/c1-7-3-2-4-8-5-6/h2-5H,1H3,(H2,6,8)/b4-2-,7-3-. The van der Waals surface area contributed by atoms with Crippen molar-refractivity contribution in [3.8, 4) is 0 Å². The Hall–Kier alpha value is -1.12. The Labute approximate surface area is 48.6 Å². The molecular formula is C5H9N3. The summed E-state index contributed by atoms with van der Waals surface area (Å²) in [4.78, 5) is 7.27. The Bertz CT molecular complexity index is 98.8. The SMILES string of the molecule is C\N=C/C=C\N=C/N.